The molecule has 0 saturated carbocycles. The maximum Gasteiger partial charge on any atom is 0.170 e. The Morgan fingerprint density at radius 3 is 1.75 bits per heavy atom. The van der Waals surface area contributed by atoms with E-state index in [4.69, 9.17) is 23.9 Å². The maximum atomic E-state index is 6.51. The van der Waals surface area contributed by atoms with E-state index in [0.717, 1.165) is 83.4 Å². The Kier molecular flexibility index (Phi) is 7.71. The van der Waals surface area contributed by atoms with Gasteiger partial charge in [0.2, 0.25) is 0 Å². The average Bonchev–Trinajstić information content (AvgIpc) is 3.67. The van der Waals surface area contributed by atoms with Crippen molar-refractivity contribution >= 4 is 21.9 Å². The zero-order chi connectivity index (χ0) is 37.7. The molecule has 11 rings (SSSR count). The first-order valence-electron chi connectivity index (χ1n) is 18.8. The van der Waals surface area contributed by atoms with Crippen LogP contribution in [0.1, 0.15) is 0 Å². The summed E-state index contributed by atoms with van der Waals surface area (Å²) in [4.78, 5) is 14.6. The predicted molar refractivity (Wildman–Crippen MR) is 226 cm³/mol. The lowest BCUT2D eigenvalue weighted by atomic mass is 9.93. The Balaban J connectivity index is 1.10. The molecule has 10 aromatic rings. The molecular weight excluding hydrogens is 703 g/mol. The lowest BCUT2D eigenvalue weighted by molar-refractivity contribution is 0.360. The highest BCUT2D eigenvalue weighted by Crippen LogP contribution is 2.47. The third kappa shape index (κ3) is 5.97. The van der Waals surface area contributed by atoms with Gasteiger partial charge in [0.25, 0.3) is 0 Å². The van der Waals surface area contributed by atoms with Crippen molar-refractivity contribution in [1.82, 2.24) is 15.0 Å². The van der Waals surface area contributed by atoms with Crippen LogP contribution in [0.4, 0.5) is 0 Å². The molecule has 57 heavy (non-hydrogen) atoms. The molecule has 0 aliphatic carbocycles. The van der Waals surface area contributed by atoms with Gasteiger partial charge in [-0.1, -0.05) is 103 Å². The largest absolute Gasteiger partial charge is 0.455 e. The Bertz CT molecular complexity index is 3120. The molecule has 1 aliphatic heterocycles. The van der Waals surface area contributed by atoms with E-state index in [1.165, 1.54) is 0 Å². The number of hydrogen-bond acceptors (Lipinski definition) is 6. The quantitative estimate of drug-likeness (QED) is 0.169. The standard InChI is InChI=1S/C51H31N3O3/c1-2-9-35(10-3-1)51-53-43(31-44(54-51)42-13-8-12-41-40-11-4-5-14-45(40)57-50(41)42)39-28-37(33-19-17-32(18-20-33)34-23-25-52-26-24-34)27-38(29-39)36-21-22-48-49(30-36)56-47-16-7-6-15-46(47)55-48/h1-31H. The Morgan fingerprint density at radius 2 is 0.947 bits per heavy atom. The van der Waals surface area contributed by atoms with Crippen molar-refractivity contribution in [2.24, 2.45) is 0 Å². The second kappa shape index (κ2) is 13.5. The fraction of sp³-hybridized carbons (Fsp3) is 0. The maximum absolute atomic E-state index is 6.51. The molecule has 6 nitrogen and oxygen atoms in total. The minimum Gasteiger partial charge on any atom is -0.455 e. The summed E-state index contributed by atoms with van der Waals surface area (Å²) < 4.78 is 19.1. The van der Waals surface area contributed by atoms with E-state index in [9.17, 15) is 0 Å². The first-order chi connectivity index (χ1) is 28.2. The van der Waals surface area contributed by atoms with Gasteiger partial charge < -0.3 is 13.9 Å². The summed E-state index contributed by atoms with van der Waals surface area (Å²) >= 11 is 0. The van der Waals surface area contributed by atoms with Crippen molar-refractivity contribution in [3.8, 4) is 90.3 Å². The van der Waals surface area contributed by atoms with Crippen LogP contribution < -0.4 is 9.47 Å². The van der Waals surface area contributed by atoms with Crippen LogP contribution >= 0.6 is 0 Å². The van der Waals surface area contributed by atoms with Crippen LogP contribution in [0.2, 0.25) is 0 Å². The molecule has 0 amide bonds. The number of rotatable bonds is 6. The van der Waals surface area contributed by atoms with E-state index in [1.807, 2.05) is 109 Å². The van der Waals surface area contributed by atoms with E-state index in [2.05, 4.69) is 83.8 Å². The molecule has 0 unspecified atom stereocenters. The molecule has 0 N–H and O–H groups in total. The van der Waals surface area contributed by atoms with Gasteiger partial charge in [-0.15, -0.1) is 0 Å². The molecule has 4 heterocycles. The molecule has 7 aromatic carbocycles. The fourth-order valence-corrected chi connectivity index (χ4v) is 7.61. The minimum absolute atomic E-state index is 0.628. The summed E-state index contributed by atoms with van der Waals surface area (Å²) in [6.07, 6.45) is 3.64. The van der Waals surface area contributed by atoms with Gasteiger partial charge in [0, 0.05) is 39.9 Å². The van der Waals surface area contributed by atoms with Crippen LogP contribution in [-0.4, -0.2) is 15.0 Å². The molecule has 3 aromatic heterocycles. The predicted octanol–water partition coefficient (Wildman–Crippen LogP) is 13.7. The molecule has 0 atom stereocenters. The number of benzene rings is 7. The number of ether oxygens (including phenoxy) is 2. The van der Waals surface area contributed by atoms with E-state index >= 15 is 0 Å². The van der Waals surface area contributed by atoms with Crippen LogP contribution in [-0.2, 0) is 0 Å². The van der Waals surface area contributed by atoms with E-state index in [1.54, 1.807) is 0 Å². The molecule has 0 radical (unpaired) electrons. The lowest BCUT2D eigenvalue weighted by Gasteiger charge is -2.21. The normalized spacial score (nSPS) is 11.8. The van der Waals surface area contributed by atoms with Gasteiger partial charge in [0.15, 0.2) is 28.8 Å². The van der Waals surface area contributed by atoms with E-state index < -0.39 is 0 Å². The average molecular weight is 734 g/mol. The first-order valence-corrected chi connectivity index (χ1v) is 18.8. The molecule has 6 heteroatoms. The molecule has 0 fully saturated rings. The van der Waals surface area contributed by atoms with Gasteiger partial charge >= 0.3 is 0 Å². The molecule has 268 valence electrons. The van der Waals surface area contributed by atoms with Gasteiger partial charge in [-0.05, 0) is 106 Å². The fourth-order valence-electron chi connectivity index (χ4n) is 7.61. The van der Waals surface area contributed by atoms with Crippen molar-refractivity contribution in [2.45, 2.75) is 0 Å². The Hall–Kier alpha value is -7.83. The van der Waals surface area contributed by atoms with Crippen molar-refractivity contribution in [2.75, 3.05) is 0 Å². The topological polar surface area (TPSA) is 70.3 Å². The second-order valence-corrected chi connectivity index (χ2v) is 14.0. The van der Waals surface area contributed by atoms with Crippen molar-refractivity contribution in [3.63, 3.8) is 0 Å². The second-order valence-electron chi connectivity index (χ2n) is 14.0. The van der Waals surface area contributed by atoms with Crippen LogP contribution in [0.15, 0.2) is 193 Å². The number of furan rings is 1. The first kappa shape index (κ1) is 32.6. The van der Waals surface area contributed by atoms with Gasteiger partial charge in [0.1, 0.15) is 11.2 Å². The van der Waals surface area contributed by atoms with Gasteiger partial charge in [0.05, 0.1) is 11.4 Å². The molecule has 0 spiro atoms. The van der Waals surface area contributed by atoms with Gasteiger partial charge in [-0.2, -0.15) is 0 Å². The van der Waals surface area contributed by atoms with Crippen LogP contribution in [0.5, 0.6) is 23.0 Å². The molecule has 0 bridgehead atoms. The molecule has 0 saturated heterocycles. The number of hydrogen-bond donors (Lipinski definition) is 0. The zero-order valence-corrected chi connectivity index (χ0v) is 30.5. The number of para-hydroxylation sites is 4. The van der Waals surface area contributed by atoms with Crippen LogP contribution in [0.3, 0.4) is 0 Å². The summed E-state index contributed by atoms with van der Waals surface area (Å²) in [6, 6.07) is 59.7. The zero-order valence-electron chi connectivity index (χ0n) is 30.5. The Morgan fingerprint density at radius 1 is 0.351 bits per heavy atom. The SMILES string of the molecule is c1ccc(-c2nc(-c3cc(-c4ccc(-c5ccncc5)cc4)cc(-c4ccc5c(c4)Oc4ccccc4O5)c3)cc(-c3cccc4c3oc3ccccc34)n2)cc1. The number of aromatic nitrogens is 3. The monoisotopic (exact) mass is 733 g/mol. The van der Waals surface area contributed by atoms with Crippen molar-refractivity contribution in [1.29, 1.82) is 0 Å². The minimum atomic E-state index is 0.628. The highest BCUT2D eigenvalue weighted by molar-refractivity contribution is 6.09. The third-order valence-electron chi connectivity index (χ3n) is 10.5. The van der Waals surface area contributed by atoms with Crippen molar-refractivity contribution < 1.29 is 13.9 Å². The number of pyridine rings is 1. The van der Waals surface area contributed by atoms with Crippen LogP contribution in [0.25, 0.3) is 89.2 Å². The van der Waals surface area contributed by atoms with E-state index in [-0.39, 0.29) is 0 Å². The number of nitrogens with zero attached hydrogens (tertiary/aromatic N) is 3. The summed E-state index contributed by atoms with van der Waals surface area (Å²) in [7, 11) is 0. The molecular formula is C51H31N3O3. The molecule has 1 aliphatic rings. The third-order valence-corrected chi connectivity index (χ3v) is 10.5. The summed E-state index contributed by atoms with van der Waals surface area (Å²) in [5.74, 6) is 3.35. The summed E-state index contributed by atoms with van der Waals surface area (Å²) in [5.41, 5.74) is 12.3. The van der Waals surface area contributed by atoms with Crippen molar-refractivity contribution in [3.05, 3.63) is 188 Å². The number of fused-ring (bicyclic) bond motifs is 5. The highest BCUT2D eigenvalue weighted by Gasteiger charge is 2.21. The smallest absolute Gasteiger partial charge is 0.170 e. The lowest BCUT2D eigenvalue weighted by Crippen LogP contribution is -1.99. The van der Waals surface area contributed by atoms with E-state index in [0.29, 0.717) is 28.8 Å². The summed E-state index contributed by atoms with van der Waals surface area (Å²) in [6.45, 7) is 0. The summed E-state index contributed by atoms with van der Waals surface area (Å²) in [5, 5.41) is 2.12. The van der Waals surface area contributed by atoms with Crippen LogP contribution in [0, 0.1) is 0 Å². The van der Waals surface area contributed by atoms with Gasteiger partial charge in [-0.3, -0.25) is 4.98 Å². The Labute approximate surface area is 328 Å². The van der Waals surface area contributed by atoms with Gasteiger partial charge in [-0.25, -0.2) is 9.97 Å². The highest BCUT2D eigenvalue weighted by atomic mass is 16.6.